The summed E-state index contributed by atoms with van der Waals surface area (Å²) >= 11 is 0. The van der Waals surface area contributed by atoms with Gasteiger partial charge in [0.05, 0.1) is 18.1 Å². The monoisotopic (exact) mass is 180 g/mol. The number of aromatic nitrogens is 2. The van der Waals surface area contributed by atoms with Crippen LogP contribution in [0.5, 0.6) is 0 Å². The van der Waals surface area contributed by atoms with Crippen molar-refractivity contribution in [2.75, 3.05) is 14.1 Å². The number of amides is 1. The zero-order chi connectivity index (χ0) is 9.84. The lowest BCUT2D eigenvalue weighted by atomic mass is 10.4. The molecule has 1 aromatic heterocycles. The molecule has 0 aromatic carbocycles. The highest BCUT2D eigenvalue weighted by atomic mass is 16.1. The molecule has 1 amide bonds. The van der Waals surface area contributed by atoms with Crippen molar-refractivity contribution in [3.05, 3.63) is 23.8 Å². The first-order chi connectivity index (χ1) is 6.09. The third-order valence-electron chi connectivity index (χ3n) is 1.44. The Labute approximate surface area is 76.6 Å². The number of carbonyl (C=O) groups excluding carboxylic acids is 1. The van der Waals surface area contributed by atoms with E-state index >= 15 is 0 Å². The third-order valence-corrected chi connectivity index (χ3v) is 1.44. The van der Waals surface area contributed by atoms with Gasteiger partial charge in [0.1, 0.15) is 5.69 Å². The predicted molar refractivity (Wildman–Crippen MR) is 47.9 cm³/mol. The summed E-state index contributed by atoms with van der Waals surface area (Å²) < 4.78 is 0. The fourth-order valence-electron chi connectivity index (χ4n) is 0.888. The van der Waals surface area contributed by atoms with Crippen LogP contribution in [0.2, 0.25) is 0 Å². The van der Waals surface area contributed by atoms with Crippen molar-refractivity contribution in [2.45, 2.75) is 6.54 Å². The predicted octanol–water partition coefficient (Wildman–Crippen LogP) is -0.363. The number of hydrogen-bond acceptors (Lipinski definition) is 4. The van der Waals surface area contributed by atoms with E-state index in [1.165, 1.54) is 6.20 Å². The van der Waals surface area contributed by atoms with Gasteiger partial charge < -0.3 is 10.6 Å². The number of carbonyl (C=O) groups is 1. The second-order valence-corrected chi connectivity index (χ2v) is 3.00. The van der Waals surface area contributed by atoms with Crippen LogP contribution in [0.1, 0.15) is 16.2 Å². The molecule has 0 unspecified atom stereocenters. The van der Waals surface area contributed by atoms with Crippen LogP contribution in [0, 0.1) is 0 Å². The molecule has 0 aliphatic rings. The van der Waals surface area contributed by atoms with Crippen LogP contribution < -0.4 is 5.73 Å². The van der Waals surface area contributed by atoms with Crippen LogP contribution in [-0.2, 0) is 6.54 Å². The number of rotatable bonds is 3. The van der Waals surface area contributed by atoms with Crippen molar-refractivity contribution in [1.82, 2.24) is 14.9 Å². The van der Waals surface area contributed by atoms with Gasteiger partial charge in [-0.2, -0.15) is 0 Å². The molecule has 0 fully saturated rings. The first-order valence-electron chi connectivity index (χ1n) is 3.85. The van der Waals surface area contributed by atoms with Gasteiger partial charge in [-0.1, -0.05) is 0 Å². The number of hydrogen-bond donors (Lipinski definition) is 1. The standard InChI is InChI=1S/C8H12N4O/c1-12(2)5-6-3-11-7(4-10-6)8(9)13/h3-4H,5H2,1-2H3,(H2,9,13). The lowest BCUT2D eigenvalue weighted by molar-refractivity contribution is 0.0995. The van der Waals surface area contributed by atoms with Crippen LogP contribution >= 0.6 is 0 Å². The molecule has 0 bridgehead atoms. The maximum Gasteiger partial charge on any atom is 0.268 e. The van der Waals surface area contributed by atoms with Crippen LogP contribution in [-0.4, -0.2) is 34.9 Å². The number of nitrogens with two attached hydrogens (primary N) is 1. The molecule has 1 aromatic rings. The Hall–Kier alpha value is -1.49. The molecule has 5 nitrogen and oxygen atoms in total. The lowest BCUT2D eigenvalue weighted by Crippen LogP contribution is -2.16. The molecule has 0 atom stereocenters. The third kappa shape index (κ3) is 2.79. The molecule has 1 rings (SSSR count). The van der Waals surface area contributed by atoms with E-state index in [0.29, 0.717) is 6.54 Å². The van der Waals surface area contributed by atoms with Crippen LogP contribution in [0.3, 0.4) is 0 Å². The molecule has 0 spiro atoms. The minimum atomic E-state index is -0.552. The average molecular weight is 180 g/mol. The van der Waals surface area contributed by atoms with Gasteiger partial charge in [0.2, 0.25) is 0 Å². The summed E-state index contributed by atoms with van der Waals surface area (Å²) in [6.07, 6.45) is 2.95. The van der Waals surface area contributed by atoms with Gasteiger partial charge in [-0.15, -0.1) is 0 Å². The van der Waals surface area contributed by atoms with Gasteiger partial charge in [0.25, 0.3) is 5.91 Å². The smallest absolute Gasteiger partial charge is 0.268 e. The molecule has 0 aliphatic heterocycles. The molecule has 1 heterocycles. The van der Waals surface area contributed by atoms with Crippen molar-refractivity contribution in [3.63, 3.8) is 0 Å². The van der Waals surface area contributed by atoms with E-state index in [9.17, 15) is 4.79 Å². The zero-order valence-corrected chi connectivity index (χ0v) is 7.69. The number of primary amides is 1. The Morgan fingerprint density at radius 2 is 2.15 bits per heavy atom. The maximum atomic E-state index is 10.6. The average Bonchev–Trinajstić information content (AvgIpc) is 2.04. The molecule has 2 N–H and O–H groups in total. The molecule has 0 saturated heterocycles. The molecular weight excluding hydrogens is 168 g/mol. The molecular formula is C8H12N4O. The van der Waals surface area contributed by atoms with Crippen LogP contribution in [0.4, 0.5) is 0 Å². The summed E-state index contributed by atoms with van der Waals surface area (Å²) in [5.74, 6) is -0.552. The minimum Gasteiger partial charge on any atom is -0.364 e. The SMILES string of the molecule is CN(C)Cc1cnc(C(N)=O)cn1. The molecule has 5 heteroatoms. The normalized spacial score (nSPS) is 10.4. The van der Waals surface area contributed by atoms with E-state index in [1.54, 1.807) is 6.20 Å². The van der Waals surface area contributed by atoms with Crippen molar-refractivity contribution >= 4 is 5.91 Å². The van der Waals surface area contributed by atoms with E-state index in [0.717, 1.165) is 5.69 Å². The molecule has 0 saturated carbocycles. The summed E-state index contributed by atoms with van der Waals surface area (Å²) in [6, 6.07) is 0. The Morgan fingerprint density at radius 3 is 2.54 bits per heavy atom. The maximum absolute atomic E-state index is 10.6. The van der Waals surface area contributed by atoms with Crippen molar-refractivity contribution in [1.29, 1.82) is 0 Å². The van der Waals surface area contributed by atoms with Gasteiger partial charge in [0.15, 0.2) is 0 Å². The number of nitrogens with zero attached hydrogens (tertiary/aromatic N) is 3. The fraction of sp³-hybridized carbons (Fsp3) is 0.375. The summed E-state index contributed by atoms with van der Waals surface area (Å²) in [6.45, 7) is 0.700. The van der Waals surface area contributed by atoms with Gasteiger partial charge in [-0.05, 0) is 14.1 Å². The topological polar surface area (TPSA) is 72.1 Å². The van der Waals surface area contributed by atoms with E-state index in [4.69, 9.17) is 5.73 Å². The first kappa shape index (κ1) is 9.60. The first-order valence-corrected chi connectivity index (χ1v) is 3.85. The van der Waals surface area contributed by atoms with E-state index < -0.39 is 5.91 Å². The fourth-order valence-corrected chi connectivity index (χ4v) is 0.888. The van der Waals surface area contributed by atoms with Gasteiger partial charge in [-0.3, -0.25) is 9.78 Å². The summed E-state index contributed by atoms with van der Waals surface area (Å²) in [5, 5.41) is 0. The van der Waals surface area contributed by atoms with Crippen LogP contribution in [0.15, 0.2) is 12.4 Å². The van der Waals surface area contributed by atoms with E-state index in [-0.39, 0.29) is 5.69 Å². The molecule has 70 valence electrons. The second kappa shape index (κ2) is 3.95. The lowest BCUT2D eigenvalue weighted by Gasteiger charge is -2.07. The van der Waals surface area contributed by atoms with Crippen molar-refractivity contribution in [2.24, 2.45) is 5.73 Å². The minimum absolute atomic E-state index is 0.197. The molecule has 0 aliphatic carbocycles. The Morgan fingerprint density at radius 1 is 1.46 bits per heavy atom. The summed E-state index contributed by atoms with van der Waals surface area (Å²) in [7, 11) is 3.87. The molecule has 0 radical (unpaired) electrons. The van der Waals surface area contributed by atoms with E-state index in [2.05, 4.69) is 9.97 Å². The Balaban J connectivity index is 2.75. The summed E-state index contributed by atoms with van der Waals surface area (Å²) in [4.78, 5) is 20.5. The molecule has 13 heavy (non-hydrogen) atoms. The second-order valence-electron chi connectivity index (χ2n) is 3.00. The van der Waals surface area contributed by atoms with E-state index in [1.807, 2.05) is 19.0 Å². The van der Waals surface area contributed by atoms with Gasteiger partial charge in [-0.25, -0.2) is 4.98 Å². The summed E-state index contributed by atoms with van der Waals surface area (Å²) in [5.41, 5.74) is 6.02. The van der Waals surface area contributed by atoms with Crippen molar-refractivity contribution < 1.29 is 4.79 Å². The highest BCUT2D eigenvalue weighted by Gasteiger charge is 2.02. The zero-order valence-electron chi connectivity index (χ0n) is 7.69. The highest BCUT2D eigenvalue weighted by molar-refractivity contribution is 5.90. The van der Waals surface area contributed by atoms with Gasteiger partial charge in [0, 0.05) is 6.54 Å². The van der Waals surface area contributed by atoms with Gasteiger partial charge >= 0.3 is 0 Å². The Bertz CT molecular complexity index is 294. The quantitative estimate of drug-likeness (QED) is 0.689. The highest BCUT2D eigenvalue weighted by Crippen LogP contribution is 1.96. The Kier molecular flexibility index (Phi) is 2.92. The largest absolute Gasteiger partial charge is 0.364 e. The van der Waals surface area contributed by atoms with Crippen LogP contribution in [0.25, 0.3) is 0 Å². The van der Waals surface area contributed by atoms with Crippen molar-refractivity contribution in [3.8, 4) is 0 Å².